The predicted molar refractivity (Wildman–Crippen MR) is 62.0 cm³/mol. The molecule has 0 amide bonds. The molecule has 0 spiro atoms. The van der Waals surface area contributed by atoms with Gasteiger partial charge in [0.05, 0.1) is 11.3 Å². The lowest BCUT2D eigenvalue weighted by molar-refractivity contribution is 0.630. The fraction of sp³-hybridized carbons (Fsp3) is 0. The lowest BCUT2D eigenvalue weighted by Crippen LogP contribution is -1.88. The minimum Gasteiger partial charge on any atom is -0.255 e. The minimum atomic E-state index is -0.333. The van der Waals surface area contributed by atoms with Crippen molar-refractivity contribution in [1.29, 1.82) is 5.26 Å². The number of nitrogens with zero attached hydrogens (tertiary/aromatic N) is 2. The van der Waals surface area contributed by atoms with Gasteiger partial charge in [0.15, 0.2) is 0 Å². The van der Waals surface area contributed by atoms with Crippen LogP contribution in [0.1, 0.15) is 5.56 Å². The molecule has 0 fully saturated rings. The van der Waals surface area contributed by atoms with Crippen molar-refractivity contribution >= 4 is 15.9 Å². The molecule has 2 aromatic rings. The van der Waals surface area contributed by atoms with Gasteiger partial charge in [-0.1, -0.05) is 15.9 Å². The van der Waals surface area contributed by atoms with Gasteiger partial charge in [-0.3, -0.25) is 4.98 Å². The van der Waals surface area contributed by atoms with Gasteiger partial charge in [-0.2, -0.15) is 5.26 Å². The Kier molecular flexibility index (Phi) is 2.97. The summed E-state index contributed by atoms with van der Waals surface area (Å²) in [5, 5.41) is 8.63. The first-order valence-electron chi connectivity index (χ1n) is 4.52. The number of rotatable bonds is 1. The summed E-state index contributed by atoms with van der Waals surface area (Å²) < 4.78 is 14.3. The summed E-state index contributed by atoms with van der Waals surface area (Å²) in [6, 6.07) is 9.87. The number of hydrogen-bond acceptors (Lipinski definition) is 2. The maximum Gasteiger partial charge on any atom is 0.132 e. The monoisotopic (exact) mass is 276 g/mol. The molecule has 78 valence electrons. The Labute approximate surface area is 100 Å². The Hall–Kier alpha value is -1.73. The van der Waals surface area contributed by atoms with E-state index in [4.69, 9.17) is 5.26 Å². The molecule has 1 aromatic carbocycles. The second kappa shape index (κ2) is 4.42. The second-order valence-electron chi connectivity index (χ2n) is 3.17. The summed E-state index contributed by atoms with van der Waals surface area (Å²) in [7, 11) is 0. The molecule has 2 rings (SSSR count). The Bertz CT molecular complexity index is 558. The van der Waals surface area contributed by atoms with Crippen LogP contribution in [0.25, 0.3) is 11.3 Å². The van der Waals surface area contributed by atoms with Crippen molar-refractivity contribution in [1.82, 2.24) is 4.98 Å². The number of hydrogen-bond donors (Lipinski definition) is 0. The van der Waals surface area contributed by atoms with Crippen molar-refractivity contribution in [2.24, 2.45) is 0 Å². The van der Waals surface area contributed by atoms with E-state index in [2.05, 4.69) is 20.9 Å². The first-order chi connectivity index (χ1) is 7.70. The third kappa shape index (κ3) is 2.10. The molecule has 1 heterocycles. The number of aromatic nitrogens is 1. The number of benzene rings is 1. The van der Waals surface area contributed by atoms with E-state index in [1.165, 1.54) is 12.3 Å². The average Bonchev–Trinajstić information content (AvgIpc) is 2.32. The highest BCUT2D eigenvalue weighted by Crippen LogP contribution is 2.24. The van der Waals surface area contributed by atoms with Gasteiger partial charge in [-0.25, -0.2) is 4.39 Å². The lowest BCUT2D eigenvalue weighted by atomic mass is 10.1. The Morgan fingerprint density at radius 3 is 2.69 bits per heavy atom. The van der Waals surface area contributed by atoms with E-state index in [0.717, 1.165) is 4.47 Å². The largest absolute Gasteiger partial charge is 0.255 e. The molecule has 2 nitrogen and oxygen atoms in total. The number of halogens is 2. The van der Waals surface area contributed by atoms with Gasteiger partial charge in [0.1, 0.15) is 11.9 Å². The van der Waals surface area contributed by atoms with Crippen molar-refractivity contribution in [3.05, 3.63) is 52.4 Å². The van der Waals surface area contributed by atoms with E-state index < -0.39 is 0 Å². The lowest BCUT2D eigenvalue weighted by Gasteiger charge is -2.03. The molecular weight excluding hydrogens is 271 g/mol. The van der Waals surface area contributed by atoms with Crippen LogP contribution >= 0.6 is 15.9 Å². The molecule has 1 aromatic heterocycles. The molecular formula is C12H6BrFN2. The quantitative estimate of drug-likeness (QED) is 0.799. The topological polar surface area (TPSA) is 36.7 Å². The highest BCUT2D eigenvalue weighted by atomic mass is 79.9. The molecule has 16 heavy (non-hydrogen) atoms. The molecule has 0 atom stereocenters. The van der Waals surface area contributed by atoms with Crippen molar-refractivity contribution in [2.45, 2.75) is 0 Å². The first kappa shape index (κ1) is 10.8. The van der Waals surface area contributed by atoms with Crippen LogP contribution in [-0.4, -0.2) is 4.98 Å². The van der Waals surface area contributed by atoms with Gasteiger partial charge in [0.25, 0.3) is 0 Å². The SMILES string of the molecule is N#Cc1ccc(-c2cc(Br)ccc2F)nc1. The standard InChI is InChI=1S/C12H6BrFN2/c13-9-2-3-11(14)10(5-9)12-4-1-8(6-15)7-16-12/h1-5,7H. The van der Waals surface area contributed by atoms with E-state index >= 15 is 0 Å². The average molecular weight is 277 g/mol. The van der Waals surface area contributed by atoms with E-state index in [-0.39, 0.29) is 5.82 Å². The van der Waals surface area contributed by atoms with E-state index in [9.17, 15) is 4.39 Å². The zero-order valence-electron chi connectivity index (χ0n) is 8.11. The van der Waals surface area contributed by atoms with Gasteiger partial charge >= 0.3 is 0 Å². The van der Waals surface area contributed by atoms with E-state index in [0.29, 0.717) is 16.8 Å². The zero-order valence-corrected chi connectivity index (χ0v) is 9.70. The minimum absolute atomic E-state index is 0.333. The molecule has 4 heteroatoms. The normalized spacial score (nSPS) is 9.81. The summed E-state index contributed by atoms with van der Waals surface area (Å²) in [5.41, 5.74) is 1.39. The van der Waals surface area contributed by atoms with Crippen molar-refractivity contribution in [2.75, 3.05) is 0 Å². The highest BCUT2D eigenvalue weighted by Gasteiger charge is 2.06. The summed E-state index contributed by atoms with van der Waals surface area (Å²) in [5.74, 6) is -0.333. The Balaban J connectivity index is 2.50. The van der Waals surface area contributed by atoms with Crippen LogP contribution in [0.4, 0.5) is 4.39 Å². The van der Waals surface area contributed by atoms with Crippen LogP contribution in [0.5, 0.6) is 0 Å². The third-order valence-electron chi connectivity index (χ3n) is 2.10. The summed E-state index contributed by atoms with van der Waals surface area (Å²) in [6.07, 6.45) is 1.43. The zero-order chi connectivity index (χ0) is 11.5. The maximum atomic E-state index is 13.5. The summed E-state index contributed by atoms with van der Waals surface area (Å²) in [4.78, 5) is 4.04. The molecule has 0 aliphatic heterocycles. The fourth-order valence-electron chi connectivity index (χ4n) is 1.31. The van der Waals surface area contributed by atoms with Crippen molar-refractivity contribution in [3.63, 3.8) is 0 Å². The van der Waals surface area contributed by atoms with Crippen LogP contribution in [0.2, 0.25) is 0 Å². The molecule has 0 saturated carbocycles. The number of nitriles is 1. The molecule has 0 bridgehead atoms. The molecule has 0 saturated heterocycles. The van der Waals surface area contributed by atoms with Crippen LogP contribution in [0, 0.1) is 17.1 Å². The Morgan fingerprint density at radius 1 is 1.25 bits per heavy atom. The molecule has 0 aliphatic carbocycles. The van der Waals surface area contributed by atoms with Crippen LogP contribution in [0.15, 0.2) is 41.0 Å². The Morgan fingerprint density at radius 2 is 2.06 bits per heavy atom. The molecule has 0 N–H and O–H groups in total. The van der Waals surface area contributed by atoms with E-state index in [1.54, 1.807) is 24.3 Å². The van der Waals surface area contributed by atoms with Gasteiger partial charge in [-0.15, -0.1) is 0 Å². The van der Waals surface area contributed by atoms with E-state index in [1.807, 2.05) is 6.07 Å². The van der Waals surface area contributed by atoms with Crippen molar-refractivity contribution in [3.8, 4) is 17.3 Å². The van der Waals surface area contributed by atoms with Gasteiger partial charge < -0.3 is 0 Å². The molecule has 0 unspecified atom stereocenters. The van der Waals surface area contributed by atoms with Gasteiger partial charge in [0, 0.05) is 16.2 Å². The highest BCUT2D eigenvalue weighted by molar-refractivity contribution is 9.10. The van der Waals surface area contributed by atoms with Crippen LogP contribution < -0.4 is 0 Å². The summed E-state index contributed by atoms with van der Waals surface area (Å²) in [6.45, 7) is 0. The second-order valence-corrected chi connectivity index (χ2v) is 4.08. The first-order valence-corrected chi connectivity index (χ1v) is 5.31. The predicted octanol–water partition coefficient (Wildman–Crippen LogP) is 3.52. The smallest absolute Gasteiger partial charge is 0.132 e. The fourth-order valence-corrected chi connectivity index (χ4v) is 1.67. The van der Waals surface area contributed by atoms with Gasteiger partial charge in [-0.05, 0) is 30.3 Å². The molecule has 0 radical (unpaired) electrons. The number of pyridine rings is 1. The third-order valence-corrected chi connectivity index (χ3v) is 2.59. The van der Waals surface area contributed by atoms with Crippen LogP contribution in [-0.2, 0) is 0 Å². The molecule has 0 aliphatic rings. The van der Waals surface area contributed by atoms with Gasteiger partial charge in [0.2, 0.25) is 0 Å². The maximum absolute atomic E-state index is 13.5. The summed E-state index contributed by atoms with van der Waals surface area (Å²) >= 11 is 3.27. The van der Waals surface area contributed by atoms with Crippen LogP contribution in [0.3, 0.4) is 0 Å². The van der Waals surface area contributed by atoms with Crippen molar-refractivity contribution < 1.29 is 4.39 Å².